The molecule has 3 heterocycles. The lowest BCUT2D eigenvalue weighted by molar-refractivity contribution is 0.0169. The third-order valence-corrected chi connectivity index (χ3v) is 8.73. The molecule has 0 saturated carbocycles. The normalized spacial score (nSPS) is 16.0. The summed E-state index contributed by atoms with van der Waals surface area (Å²) in [6.07, 6.45) is 0. The number of carbonyl (C=O) groups is 1. The Morgan fingerprint density at radius 2 is 1.74 bits per heavy atom. The van der Waals surface area contributed by atoms with Crippen molar-refractivity contribution in [3.05, 3.63) is 69.7 Å². The first-order chi connectivity index (χ1) is 15.0. The Hall–Kier alpha value is -2.24. The average molecular weight is 478 g/mol. The smallest absolute Gasteiger partial charge is 0.271 e. The van der Waals surface area contributed by atoms with Crippen LogP contribution in [0.4, 0.5) is 5.69 Å². The van der Waals surface area contributed by atoms with Gasteiger partial charge in [0.1, 0.15) is 4.21 Å². The number of rotatable bonds is 8. The van der Waals surface area contributed by atoms with Crippen LogP contribution in [-0.4, -0.2) is 52.1 Å². The molecule has 1 unspecified atom stereocenters. The third kappa shape index (κ3) is 5.52. The van der Waals surface area contributed by atoms with Crippen LogP contribution >= 0.6 is 22.7 Å². The predicted molar refractivity (Wildman–Crippen MR) is 123 cm³/mol. The summed E-state index contributed by atoms with van der Waals surface area (Å²) in [7, 11) is -3.61. The van der Waals surface area contributed by atoms with Crippen LogP contribution in [0.3, 0.4) is 0 Å². The van der Waals surface area contributed by atoms with E-state index in [4.69, 9.17) is 4.74 Å². The highest BCUT2D eigenvalue weighted by atomic mass is 32.2. The number of morpholine rings is 1. The Bertz CT molecular complexity index is 1080. The van der Waals surface area contributed by atoms with Crippen LogP contribution in [0, 0.1) is 0 Å². The van der Waals surface area contributed by atoms with Crippen molar-refractivity contribution in [1.29, 1.82) is 0 Å². The quantitative estimate of drug-likeness (QED) is 0.519. The number of amides is 1. The molecule has 7 nitrogen and oxygen atoms in total. The minimum atomic E-state index is -3.61. The van der Waals surface area contributed by atoms with E-state index in [1.807, 2.05) is 11.4 Å². The molecule has 1 amide bonds. The number of sulfonamides is 1. The molecule has 3 aromatic rings. The van der Waals surface area contributed by atoms with Gasteiger partial charge in [-0.3, -0.25) is 14.4 Å². The maximum atomic E-state index is 12.7. The molecule has 1 fully saturated rings. The van der Waals surface area contributed by atoms with E-state index < -0.39 is 10.0 Å². The fraction of sp³-hybridized carbons (Fsp3) is 0.286. The van der Waals surface area contributed by atoms with Gasteiger partial charge in [-0.25, -0.2) is 8.42 Å². The van der Waals surface area contributed by atoms with Gasteiger partial charge in [0.15, 0.2) is 0 Å². The van der Waals surface area contributed by atoms with Crippen LogP contribution in [0.1, 0.15) is 21.3 Å². The van der Waals surface area contributed by atoms with Gasteiger partial charge in [-0.05, 0) is 47.2 Å². The summed E-state index contributed by atoms with van der Waals surface area (Å²) in [5, 5.41) is 6.78. The predicted octanol–water partition coefficient (Wildman–Crippen LogP) is 3.41. The molecule has 31 heavy (non-hydrogen) atoms. The van der Waals surface area contributed by atoms with Crippen molar-refractivity contribution in [3.63, 3.8) is 0 Å². The molecule has 2 aromatic heterocycles. The van der Waals surface area contributed by atoms with Gasteiger partial charge >= 0.3 is 0 Å². The highest BCUT2D eigenvalue weighted by Gasteiger charge is 2.24. The molecule has 0 bridgehead atoms. The van der Waals surface area contributed by atoms with E-state index in [0.717, 1.165) is 24.4 Å². The molecule has 10 heteroatoms. The molecule has 1 saturated heterocycles. The maximum Gasteiger partial charge on any atom is 0.271 e. The number of thiophene rings is 2. The number of nitrogens with one attached hydrogen (secondary N) is 2. The lowest BCUT2D eigenvalue weighted by Gasteiger charge is -2.34. The molecule has 4 rings (SSSR count). The van der Waals surface area contributed by atoms with Crippen LogP contribution in [0.5, 0.6) is 0 Å². The minimum absolute atomic E-state index is 0.102. The number of hydrogen-bond donors (Lipinski definition) is 2. The van der Waals surface area contributed by atoms with E-state index in [1.54, 1.807) is 53.1 Å². The molecule has 1 atom stereocenters. The van der Waals surface area contributed by atoms with Gasteiger partial charge < -0.3 is 10.1 Å². The third-order valence-electron chi connectivity index (χ3n) is 4.97. The van der Waals surface area contributed by atoms with Gasteiger partial charge in [0.2, 0.25) is 0 Å². The number of ether oxygens (including phenoxy) is 1. The monoisotopic (exact) mass is 477 g/mol. The zero-order valence-electron chi connectivity index (χ0n) is 16.7. The molecule has 164 valence electrons. The van der Waals surface area contributed by atoms with E-state index in [9.17, 15) is 13.2 Å². The van der Waals surface area contributed by atoms with E-state index in [-0.39, 0.29) is 16.2 Å². The van der Waals surface area contributed by atoms with Crippen molar-refractivity contribution in [3.8, 4) is 0 Å². The SMILES string of the molecule is O=C(NCC(c1cccs1)N1CCOCC1)c1ccc(NS(=O)(=O)c2cccs2)cc1. The van der Waals surface area contributed by atoms with Gasteiger partial charge in [-0.2, -0.15) is 0 Å². The second-order valence-electron chi connectivity index (χ2n) is 7.00. The largest absolute Gasteiger partial charge is 0.379 e. The number of hydrogen-bond acceptors (Lipinski definition) is 7. The maximum absolute atomic E-state index is 12.7. The number of benzene rings is 1. The van der Waals surface area contributed by atoms with E-state index in [1.165, 1.54) is 4.88 Å². The van der Waals surface area contributed by atoms with E-state index in [2.05, 4.69) is 21.0 Å². The summed E-state index contributed by atoms with van der Waals surface area (Å²) in [4.78, 5) is 16.2. The fourth-order valence-corrected chi connectivity index (χ4v) is 6.29. The second-order valence-corrected chi connectivity index (χ2v) is 10.8. The minimum Gasteiger partial charge on any atom is -0.379 e. The molecule has 1 aromatic carbocycles. The summed E-state index contributed by atoms with van der Waals surface area (Å²) in [6.45, 7) is 3.54. The first kappa shape index (κ1) is 22.0. The van der Waals surface area contributed by atoms with Crippen molar-refractivity contribution < 1.29 is 17.9 Å². The van der Waals surface area contributed by atoms with Crippen molar-refractivity contribution >= 4 is 44.3 Å². The van der Waals surface area contributed by atoms with Gasteiger partial charge in [0.25, 0.3) is 15.9 Å². The average Bonchev–Trinajstić information content (AvgIpc) is 3.50. The number of anilines is 1. The highest BCUT2D eigenvalue weighted by molar-refractivity contribution is 7.94. The molecule has 0 radical (unpaired) electrons. The van der Waals surface area contributed by atoms with Gasteiger partial charge in [-0.15, -0.1) is 22.7 Å². The first-order valence-corrected chi connectivity index (χ1v) is 13.1. The van der Waals surface area contributed by atoms with Gasteiger partial charge in [0.05, 0.1) is 19.3 Å². The van der Waals surface area contributed by atoms with Crippen LogP contribution in [0.25, 0.3) is 0 Å². The molecule has 1 aliphatic heterocycles. The molecular weight excluding hydrogens is 454 g/mol. The Morgan fingerprint density at radius 1 is 1.03 bits per heavy atom. The van der Waals surface area contributed by atoms with E-state index >= 15 is 0 Å². The Labute approximate surface area is 189 Å². The Kier molecular flexibility index (Phi) is 7.03. The highest BCUT2D eigenvalue weighted by Crippen LogP contribution is 2.26. The number of carbonyl (C=O) groups excluding carboxylic acids is 1. The summed E-state index contributed by atoms with van der Waals surface area (Å²) < 4.78 is 32.9. The summed E-state index contributed by atoms with van der Waals surface area (Å²) >= 11 is 2.83. The fourth-order valence-electron chi connectivity index (χ4n) is 3.38. The van der Waals surface area contributed by atoms with Gasteiger partial charge in [0, 0.05) is 35.8 Å². The van der Waals surface area contributed by atoms with Crippen LogP contribution in [0.15, 0.2) is 63.5 Å². The second kappa shape index (κ2) is 9.92. The van der Waals surface area contributed by atoms with Crippen molar-refractivity contribution in [2.45, 2.75) is 10.3 Å². The lowest BCUT2D eigenvalue weighted by Crippen LogP contribution is -2.43. The Balaban J connectivity index is 1.39. The number of nitrogens with zero attached hydrogens (tertiary/aromatic N) is 1. The van der Waals surface area contributed by atoms with Crippen LogP contribution in [-0.2, 0) is 14.8 Å². The standard InChI is InChI=1S/C21H23N3O4S3/c25-21(22-15-18(19-3-1-13-29-19)24-9-11-28-12-10-24)16-5-7-17(8-6-16)23-31(26,27)20-4-2-14-30-20/h1-8,13-14,18,23H,9-12,15H2,(H,22,25). The molecule has 1 aliphatic rings. The summed E-state index contributed by atoms with van der Waals surface area (Å²) in [6, 6.07) is 13.9. The van der Waals surface area contributed by atoms with Crippen molar-refractivity contribution in [2.75, 3.05) is 37.6 Å². The molecular formula is C21H23N3O4S3. The zero-order chi connectivity index (χ0) is 21.7. The van der Waals surface area contributed by atoms with Crippen LogP contribution in [0.2, 0.25) is 0 Å². The molecule has 0 aliphatic carbocycles. The zero-order valence-corrected chi connectivity index (χ0v) is 19.1. The Morgan fingerprint density at radius 3 is 2.39 bits per heavy atom. The lowest BCUT2D eigenvalue weighted by atomic mass is 10.1. The van der Waals surface area contributed by atoms with Crippen molar-refractivity contribution in [2.24, 2.45) is 0 Å². The van der Waals surface area contributed by atoms with Crippen molar-refractivity contribution in [1.82, 2.24) is 10.2 Å². The topological polar surface area (TPSA) is 87.7 Å². The molecule has 0 spiro atoms. The first-order valence-electron chi connectivity index (χ1n) is 9.83. The van der Waals surface area contributed by atoms with Gasteiger partial charge in [-0.1, -0.05) is 12.1 Å². The van der Waals surface area contributed by atoms with E-state index in [0.29, 0.717) is 31.0 Å². The summed E-state index contributed by atoms with van der Waals surface area (Å²) in [5.74, 6) is -0.192. The summed E-state index contributed by atoms with van der Waals surface area (Å²) in [5.41, 5.74) is 0.890. The van der Waals surface area contributed by atoms with Crippen LogP contribution < -0.4 is 10.0 Å². The molecule has 2 N–H and O–H groups in total.